The van der Waals surface area contributed by atoms with Crippen molar-refractivity contribution >= 4 is 17.5 Å². The van der Waals surface area contributed by atoms with Crippen LogP contribution in [0, 0.1) is 5.92 Å². The number of rotatable bonds is 8. The van der Waals surface area contributed by atoms with E-state index in [1.165, 1.54) is 5.56 Å². The van der Waals surface area contributed by atoms with Crippen molar-refractivity contribution in [2.75, 3.05) is 18.4 Å². The average Bonchev–Trinajstić information content (AvgIpc) is 3.06. The molecule has 1 heterocycles. The SMILES string of the molecule is CC(C)CN1C(=O)c2ccccc2C1Nc1ccc(C(=O)NCCc2ccccc2)cc1. The first-order chi connectivity index (χ1) is 15.5. The lowest BCUT2D eigenvalue weighted by molar-refractivity contribution is 0.0720. The Labute approximate surface area is 189 Å². The minimum absolute atomic E-state index is 0.0567. The minimum Gasteiger partial charge on any atom is -0.361 e. The van der Waals surface area contributed by atoms with Crippen LogP contribution in [0.3, 0.4) is 0 Å². The zero-order valence-electron chi connectivity index (χ0n) is 18.5. The summed E-state index contributed by atoms with van der Waals surface area (Å²) in [5.41, 5.74) is 4.42. The van der Waals surface area contributed by atoms with E-state index in [-0.39, 0.29) is 18.0 Å². The Kier molecular flexibility index (Phi) is 6.55. The van der Waals surface area contributed by atoms with Crippen LogP contribution in [0.15, 0.2) is 78.9 Å². The van der Waals surface area contributed by atoms with Crippen LogP contribution in [0.5, 0.6) is 0 Å². The van der Waals surface area contributed by atoms with E-state index in [0.717, 1.165) is 23.2 Å². The smallest absolute Gasteiger partial charge is 0.256 e. The molecule has 2 N–H and O–H groups in total. The number of amides is 2. The standard InChI is InChI=1S/C27H29N3O2/c1-19(2)18-30-25(23-10-6-7-11-24(23)27(30)32)29-22-14-12-21(13-15-22)26(31)28-17-16-20-8-4-3-5-9-20/h3-15,19,25,29H,16-18H2,1-2H3,(H,28,31). The Morgan fingerprint density at radius 1 is 0.938 bits per heavy atom. The van der Waals surface area contributed by atoms with Gasteiger partial charge in [0.05, 0.1) is 0 Å². The third-order valence-electron chi connectivity index (χ3n) is 5.61. The van der Waals surface area contributed by atoms with Crippen molar-refractivity contribution < 1.29 is 9.59 Å². The van der Waals surface area contributed by atoms with Crippen LogP contribution in [0.4, 0.5) is 5.69 Å². The van der Waals surface area contributed by atoms with E-state index in [0.29, 0.717) is 24.6 Å². The molecular formula is C27H29N3O2. The predicted molar refractivity (Wildman–Crippen MR) is 128 cm³/mol. The molecule has 0 radical (unpaired) electrons. The van der Waals surface area contributed by atoms with Gasteiger partial charge in [0.15, 0.2) is 0 Å². The van der Waals surface area contributed by atoms with Crippen LogP contribution in [-0.4, -0.2) is 29.8 Å². The number of hydrogen-bond donors (Lipinski definition) is 2. The summed E-state index contributed by atoms with van der Waals surface area (Å²) in [6, 6.07) is 25.3. The highest BCUT2D eigenvalue weighted by Crippen LogP contribution is 2.34. The maximum Gasteiger partial charge on any atom is 0.256 e. The highest BCUT2D eigenvalue weighted by Gasteiger charge is 2.36. The quantitative estimate of drug-likeness (QED) is 0.539. The lowest BCUT2D eigenvalue weighted by Gasteiger charge is -2.28. The highest BCUT2D eigenvalue weighted by atomic mass is 16.2. The van der Waals surface area contributed by atoms with Crippen LogP contribution in [0.25, 0.3) is 0 Å². The average molecular weight is 428 g/mol. The lowest BCUT2D eigenvalue weighted by Crippen LogP contribution is -2.35. The molecule has 1 aliphatic rings. The first-order valence-corrected chi connectivity index (χ1v) is 11.1. The zero-order chi connectivity index (χ0) is 22.5. The summed E-state index contributed by atoms with van der Waals surface area (Å²) >= 11 is 0. The fourth-order valence-electron chi connectivity index (χ4n) is 4.05. The summed E-state index contributed by atoms with van der Waals surface area (Å²) in [4.78, 5) is 27.3. The van der Waals surface area contributed by atoms with E-state index in [2.05, 4.69) is 36.6 Å². The fourth-order valence-corrected chi connectivity index (χ4v) is 4.05. The molecule has 5 heteroatoms. The van der Waals surface area contributed by atoms with E-state index in [1.54, 1.807) is 0 Å². The molecule has 1 atom stereocenters. The molecule has 1 aliphatic heterocycles. The van der Waals surface area contributed by atoms with Crippen molar-refractivity contribution in [3.8, 4) is 0 Å². The first kappa shape index (κ1) is 21.6. The summed E-state index contributed by atoms with van der Waals surface area (Å²) in [6.07, 6.45) is 0.583. The summed E-state index contributed by atoms with van der Waals surface area (Å²) in [5, 5.41) is 6.46. The second-order valence-electron chi connectivity index (χ2n) is 8.55. The number of fused-ring (bicyclic) bond motifs is 1. The Hall–Kier alpha value is -3.60. The molecule has 3 aromatic carbocycles. The van der Waals surface area contributed by atoms with Gasteiger partial charge in [0.2, 0.25) is 0 Å². The normalized spacial score (nSPS) is 15.0. The maximum atomic E-state index is 12.9. The number of carbonyl (C=O) groups excluding carboxylic acids is 2. The molecule has 4 rings (SSSR count). The molecule has 3 aromatic rings. The van der Waals surface area contributed by atoms with Crippen molar-refractivity contribution in [2.24, 2.45) is 5.92 Å². The van der Waals surface area contributed by atoms with Gasteiger partial charge < -0.3 is 15.5 Å². The number of nitrogens with zero attached hydrogens (tertiary/aromatic N) is 1. The van der Waals surface area contributed by atoms with Crippen molar-refractivity contribution in [3.63, 3.8) is 0 Å². The van der Waals surface area contributed by atoms with Crippen LogP contribution in [-0.2, 0) is 6.42 Å². The molecule has 164 valence electrons. The summed E-state index contributed by atoms with van der Waals surface area (Å²) in [7, 11) is 0. The van der Waals surface area contributed by atoms with Gasteiger partial charge >= 0.3 is 0 Å². The largest absolute Gasteiger partial charge is 0.361 e. The van der Waals surface area contributed by atoms with Gasteiger partial charge in [-0.1, -0.05) is 62.4 Å². The topological polar surface area (TPSA) is 61.4 Å². The summed E-state index contributed by atoms with van der Waals surface area (Å²) in [6.45, 7) is 5.48. The Balaban J connectivity index is 1.41. The lowest BCUT2D eigenvalue weighted by atomic mass is 10.1. The molecule has 0 spiro atoms. The molecule has 0 aliphatic carbocycles. The number of carbonyl (C=O) groups is 2. The molecule has 0 fully saturated rings. The second kappa shape index (κ2) is 9.69. The number of benzene rings is 3. The first-order valence-electron chi connectivity index (χ1n) is 11.1. The Morgan fingerprint density at radius 2 is 1.62 bits per heavy atom. The van der Waals surface area contributed by atoms with Gasteiger partial charge in [-0.2, -0.15) is 0 Å². The zero-order valence-corrected chi connectivity index (χ0v) is 18.5. The van der Waals surface area contributed by atoms with E-state index >= 15 is 0 Å². The molecule has 32 heavy (non-hydrogen) atoms. The van der Waals surface area contributed by atoms with Crippen LogP contribution < -0.4 is 10.6 Å². The number of nitrogens with one attached hydrogen (secondary N) is 2. The molecule has 2 amide bonds. The maximum absolute atomic E-state index is 12.9. The summed E-state index contributed by atoms with van der Waals surface area (Å²) in [5.74, 6) is 0.330. The van der Waals surface area contributed by atoms with Crippen LogP contribution in [0.2, 0.25) is 0 Å². The molecule has 0 saturated heterocycles. The fraction of sp³-hybridized carbons (Fsp3) is 0.259. The van der Waals surface area contributed by atoms with Gasteiger partial charge in [0.1, 0.15) is 6.17 Å². The van der Waals surface area contributed by atoms with Gasteiger partial charge in [-0.25, -0.2) is 0 Å². The Bertz CT molecular complexity index is 1080. The van der Waals surface area contributed by atoms with Gasteiger partial charge in [0.25, 0.3) is 11.8 Å². The van der Waals surface area contributed by atoms with Crippen LogP contribution in [0.1, 0.15) is 51.9 Å². The third kappa shape index (κ3) is 4.83. The van der Waals surface area contributed by atoms with Crippen molar-refractivity contribution in [3.05, 3.63) is 101 Å². The molecule has 1 unspecified atom stereocenters. The van der Waals surface area contributed by atoms with Crippen molar-refractivity contribution in [2.45, 2.75) is 26.4 Å². The summed E-state index contributed by atoms with van der Waals surface area (Å²) < 4.78 is 0. The van der Waals surface area contributed by atoms with E-state index in [9.17, 15) is 9.59 Å². The van der Waals surface area contributed by atoms with E-state index in [4.69, 9.17) is 0 Å². The Morgan fingerprint density at radius 3 is 2.34 bits per heavy atom. The highest BCUT2D eigenvalue weighted by molar-refractivity contribution is 5.99. The van der Waals surface area contributed by atoms with Gasteiger partial charge in [0, 0.05) is 35.5 Å². The minimum atomic E-state index is -0.216. The van der Waals surface area contributed by atoms with Crippen LogP contribution >= 0.6 is 0 Å². The molecule has 0 saturated carbocycles. The number of hydrogen-bond acceptors (Lipinski definition) is 3. The van der Waals surface area contributed by atoms with E-state index < -0.39 is 0 Å². The van der Waals surface area contributed by atoms with Crippen molar-refractivity contribution in [1.82, 2.24) is 10.2 Å². The van der Waals surface area contributed by atoms with E-state index in [1.807, 2.05) is 71.6 Å². The predicted octanol–water partition coefficient (Wildman–Crippen LogP) is 4.88. The van der Waals surface area contributed by atoms with Gasteiger partial charge in [-0.3, -0.25) is 9.59 Å². The number of anilines is 1. The van der Waals surface area contributed by atoms with Gasteiger partial charge in [-0.15, -0.1) is 0 Å². The van der Waals surface area contributed by atoms with Gasteiger partial charge in [-0.05, 0) is 48.2 Å². The second-order valence-corrected chi connectivity index (χ2v) is 8.55. The monoisotopic (exact) mass is 427 g/mol. The molecular weight excluding hydrogens is 398 g/mol. The van der Waals surface area contributed by atoms with Crippen molar-refractivity contribution in [1.29, 1.82) is 0 Å². The molecule has 0 aromatic heterocycles. The molecule has 0 bridgehead atoms. The molecule has 5 nitrogen and oxygen atoms in total. The third-order valence-corrected chi connectivity index (χ3v) is 5.61.